The second-order valence-corrected chi connectivity index (χ2v) is 7.82. The number of nitro groups is 1. The molecule has 0 amide bonds. The van der Waals surface area contributed by atoms with Crippen molar-refractivity contribution < 1.29 is 14.4 Å². The van der Waals surface area contributed by atoms with E-state index in [9.17, 15) is 10.1 Å². The third kappa shape index (κ3) is 4.12. The summed E-state index contributed by atoms with van der Waals surface area (Å²) in [4.78, 5) is 11.3. The topological polar surface area (TPSA) is 85.7 Å². The predicted molar refractivity (Wildman–Crippen MR) is 78.5 cm³/mol. The van der Waals surface area contributed by atoms with Gasteiger partial charge in [0.15, 0.2) is 0 Å². The van der Waals surface area contributed by atoms with Crippen LogP contribution in [-0.2, 0) is 9.47 Å². The van der Waals surface area contributed by atoms with Crippen LogP contribution in [0.2, 0.25) is 0 Å². The molecule has 122 valence electrons. The van der Waals surface area contributed by atoms with Crippen LogP contribution in [0.4, 0.5) is 0 Å². The number of ether oxygens (including phenoxy) is 2. The minimum atomic E-state index is -1.09. The Hall–Kier alpha value is -0.760. The molecular weight excluding hydrogens is 274 g/mol. The molecule has 0 bridgehead atoms. The van der Waals surface area contributed by atoms with Gasteiger partial charge in [-0.3, -0.25) is 20.7 Å². The Labute approximate surface area is 125 Å². The summed E-state index contributed by atoms with van der Waals surface area (Å²) < 4.78 is 11.3. The maximum atomic E-state index is 11.6. The molecule has 2 unspecified atom stereocenters. The molecule has 0 radical (unpaired) electrons. The lowest BCUT2D eigenvalue weighted by Gasteiger charge is -2.27. The highest BCUT2D eigenvalue weighted by Crippen LogP contribution is 2.29. The molecule has 0 spiro atoms. The second-order valence-electron chi connectivity index (χ2n) is 7.82. The van der Waals surface area contributed by atoms with Gasteiger partial charge in [-0.25, -0.2) is 0 Å². The Morgan fingerprint density at radius 2 is 1.48 bits per heavy atom. The summed E-state index contributed by atoms with van der Waals surface area (Å²) in [6.07, 6.45) is 0.0752. The summed E-state index contributed by atoms with van der Waals surface area (Å²) in [5.74, 6) is 0. The lowest BCUT2D eigenvalue weighted by atomic mass is 9.92. The smallest absolute Gasteiger partial charge is 0.227 e. The normalized spacial score (nSPS) is 33.8. The molecule has 0 aromatic carbocycles. The van der Waals surface area contributed by atoms with E-state index in [0.29, 0.717) is 26.1 Å². The number of nitrogens with one attached hydrogen (secondary N) is 2. The van der Waals surface area contributed by atoms with Crippen molar-refractivity contribution in [2.45, 2.75) is 76.5 Å². The molecule has 2 fully saturated rings. The lowest BCUT2D eigenvalue weighted by molar-refractivity contribution is -0.571. The van der Waals surface area contributed by atoms with Crippen molar-refractivity contribution >= 4 is 0 Å². The van der Waals surface area contributed by atoms with Crippen molar-refractivity contribution in [3.05, 3.63) is 10.1 Å². The van der Waals surface area contributed by atoms with Crippen LogP contribution in [-0.4, -0.2) is 47.2 Å². The first kappa shape index (κ1) is 16.6. The van der Waals surface area contributed by atoms with E-state index in [4.69, 9.17) is 9.47 Å². The van der Waals surface area contributed by atoms with Crippen LogP contribution in [0, 0.1) is 10.1 Å². The fourth-order valence-electron chi connectivity index (χ4n) is 2.91. The molecule has 21 heavy (non-hydrogen) atoms. The Morgan fingerprint density at radius 3 is 1.71 bits per heavy atom. The average Bonchev–Trinajstić information content (AvgIpc) is 2.81. The van der Waals surface area contributed by atoms with Crippen LogP contribution in [0.3, 0.4) is 0 Å². The van der Waals surface area contributed by atoms with Crippen molar-refractivity contribution in [1.29, 1.82) is 0 Å². The van der Waals surface area contributed by atoms with E-state index in [-0.39, 0.29) is 28.5 Å². The first-order chi connectivity index (χ1) is 9.51. The van der Waals surface area contributed by atoms with Gasteiger partial charge in [0.25, 0.3) is 0 Å². The van der Waals surface area contributed by atoms with Crippen molar-refractivity contribution in [2.75, 3.05) is 13.2 Å². The Morgan fingerprint density at radius 1 is 1.10 bits per heavy atom. The molecule has 2 aliphatic heterocycles. The molecule has 7 heteroatoms. The third-order valence-electron chi connectivity index (χ3n) is 4.09. The molecule has 2 rings (SSSR count). The quantitative estimate of drug-likeness (QED) is 0.587. The van der Waals surface area contributed by atoms with Crippen molar-refractivity contribution in [1.82, 2.24) is 10.6 Å². The summed E-state index contributed by atoms with van der Waals surface area (Å²) in [5.41, 5.74) is -1.35. The van der Waals surface area contributed by atoms with E-state index in [1.807, 2.05) is 27.7 Å². The van der Waals surface area contributed by atoms with Crippen LogP contribution in [0.5, 0.6) is 0 Å². The summed E-state index contributed by atoms with van der Waals surface area (Å²) in [6.45, 7) is 10.9. The average molecular weight is 301 g/mol. The molecule has 2 atom stereocenters. The number of nitrogens with zero attached hydrogens (tertiary/aromatic N) is 1. The first-order valence-corrected chi connectivity index (χ1v) is 7.45. The van der Waals surface area contributed by atoms with Crippen LogP contribution < -0.4 is 10.6 Å². The Kier molecular flexibility index (Phi) is 4.32. The van der Waals surface area contributed by atoms with Crippen LogP contribution >= 0.6 is 0 Å². The van der Waals surface area contributed by atoms with Crippen molar-refractivity contribution in [3.8, 4) is 0 Å². The largest absolute Gasteiger partial charge is 0.361 e. The fourth-order valence-corrected chi connectivity index (χ4v) is 2.91. The third-order valence-corrected chi connectivity index (χ3v) is 4.09. The van der Waals surface area contributed by atoms with Gasteiger partial charge in [-0.15, -0.1) is 0 Å². The number of rotatable bonds is 5. The SMILES string of the molecule is CC1(C)COC(CC(C)(CC2NC(C)(C)CO2)[N+](=O)[O-])N1. The molecule has 2 heterocycles. The summed E-state index contributed by atoms with van der Waals surface area (Å²) in [7, 11) is 0. The highest BCUT2D eigenvalue weighted by molar-refractivity contribution is 4.92. The monoisotopic (exact) mass is 301 g/mol. The zero-order valence-electron chi connectivity index (χ0n) is 13.6. The van der Waals surface area contributed by atoms with Crippen LogP contribution in [0.15, 0.2) is 0 Å². The van der Waals surface area contributed by atoms with Crippen molar-refractivity contribution in [2.24, 2.45) is 0 Å². The molecule has 0 aromatic heterocycles. The van der Waals surface area contributed by atoms with E-state index >= 15 is 0 Å². The van der Waals surface area contributed by atoms with Crippen LogP contribution in [0.1, 0.15) is 47.5 Å². The van der Waals surface area contributed by atoms with Crippen LogP contribution in [0.25, 0.3) is 0 Å². The van der Waals surface area contributed by atoms with Gasteiger partial charge in [-0.1, -0.05) is 0 Å². The van der Waals surface area contributed by atoms with Gasteiger partial charge < -0.3 is 9.47 Å². The van der Waals surface area contributed by atoms with Gasteiger partial charge in [0, 0.05) is 22.9 Å². The summed E-state index contributed by atoms with van der Waals surface area (Å²) in [5, 5.41) is 18.1. The maximum absolute atomic E-state index is 11.6. The number of hydrogen-bond donors (Lipinski definition) is 2. The van der Waals surface area contributed by atoms with Crippen molar-refractivity contribution in [3.63, 3.8) is 0 Å². The highest BCUT2D eigenvalue weighted by atomic mass is 16.6. The van der Waals surface area contributed by atoms with E-state index in [2.05, 4.69) is 10.6 Å². The summed E-state index contributed by atoms with van der Waals surface area (Å²) >= 11 is 0. The highest BCUT2D eigenvalue weighted by Gasteiger charge is 2.47. The molecule has 0 aliphatic carbocycles. The second kappa shape index (κ2) is 5.46. The van der Waals surface area contributed by atoms with Gasteiger partial charge in [-0.2, -0.15) is 0 Å². The fraction of sp³-hybridized carbons (Fsp3) is 1.00. The Bertz CT molecular complexity index is 383. The lowest BCUT2D eigenvalue weighted by Crippen LogP contribution is -2.49. The Balaban J connectivity index is 1.99. The molecule has 0 aromatic rings. The molecule has 2 saturated heterocycles. The van der Waals surface area contributed by atoms with Gasteiger partial charge in [0.05, 0.1) is 26.1 Å². The number of hydrogen-bond acceptors (Lipinski definition) is 6. The van der Waals surface area contributed by atoms with E-state index in [0.717, 1.165) is 0 Å². The standard InChI is InChI=1S/C14H27N3O4/c1-12(2)8-20-10(15-12)6-14(5,17(18)19)7-11-16-13(3,4)9-21-11/h10-11,15-16H,6-9H2,1-5H3. The summed E-state index contributed by atoms with van der Waals surface area (Å²) in [6, 6.07) is 0. The van der Waals surface area contributed by atoms with Gasteiger partial charge >= 0.3 is 0 Å². The minimum Gasteiger partial charge on any atom is -0.361 e. The molecule has 2 N–H and O–H groups in total. The molecule has 2 aliphatic rings. The minimum absolute atomic E-state index is 0.133. The molecule has 0 saturated carbocycles. The van der Waals surface area contributed by atoms with Gasteiger partial charge in [0.1, 0.15) is 12.5 Å². The predicted octanol–water partition coefficient (Wildman–Crippen LogP) is 1.25. The zero-order chi connectivity index (χ0) is 15.9. The maximum Gasteiger partial charge on any atom is 0.227 e. The molecule has 7 nitrogen and oxygen atoms in total. The van der Waals surface area contributed by atoms with E-state index in [1.54, 1.807) is 6.92 Å². The first-order valence-electron chi connectivity index (χ1n) is 7.45. The van der Waals surface area contributed by atoms with Gasteiger partial charge in [-0.05, 0) is 27.7 Å². The molecular formula is C14H27N3O4. The zero-order valence-corrected chi connectivity index (χ0v) is 13.6. The van der Waals surface area contributed by atoms with Gasteiger partial charge in [0.2, 0.25) is 5.54 Å². The van der Waals surface area contributed by atoms with E-state index in [1.165, 1.54) is 0 Å². The van der Waals surface area contributed by atoms with E-state index < -0.39 is 5.54 Å².